The molecular formula is C22H34IN5S. The van der Waals surface area contributed by atoms with E-state index >= 15 is 0 Å². The molecule has 5 nitrogen and oxygen atoms in total. The van der Waals surface area contributed by atoms with E-state index in [1.54, 1.807) is 11.3 Å². The summed E-state index contributed by atoms with van der Waals surface area (Å²) in [4.78, 5) is 12.6. The third-order valence-corrected chi connectivity index (χ3v) is 6.29. The molecule has 2 heterocycles. The lowest BCUT2D eigenvalue weighted by atomic mass is 9.96. The zero-order valence-electron chi connectivity index (χ0n) is 17.8. The number of guanidine groups is 1. The molecule has 0 aliphatic carbocycles. The van der Waals surface area contributed by atoms with Gasteiger partial charge in [-0.05, 0) is 51.3 Å². The van der Waals surface area contributed by atoms with Gasteiger partial charge in [-0.1, -0.05) is 29.8 Å². The third kappa shape index (κ3) is 8.22. The molecule has 1 aromatic carbocycles. The third-order valence-electron chi connectivity index (χ3n) is 5.32. The maximum absolute atomic E-state index is 4.41. The number of aryl methyl sites for hydroxylation is 2. The van der Waals surface area contributed by atoms with Gasteiger partial charge in [-0.3, -0.25) is 9.89 Å². The van der Waals surface area contributed by atoms with E-state index in [2.05, 4.69) is 63.6 Å². The first kappa shape index (κ1) is 24.1. The number of thiazole rings is 1. The van der Waals surface area contributed by atoms with Crippen molar-refractivity contribution in [2.45, 2.75) is 39.7 Å². The normalized spacial score (nSPS) is 15.8. The van der Waals surface area contributed by atoms with Gasteiger partial charge in [0.15, 0.2) is 5.96 Å². The van der Waals surface area contributed by atoms with Gasteiger partial charge >= 0.3 is 0 Å². The van der Waals surface area contributed by atoms with Crippen molar-refractivity contribution in [1.29, 1.82) is 0 Å². The van der Waals surface area contributed by atoms with Gasteiger partial charge in [0.25, 0.3) is 0 Å². The maximum atomic E-state index is 4.41. The number of benzene rings is 1. The monoisotopic (exact) mass is 527 g/mol. The second kappa shape index (κ2) is 12.5. The topological polar surface area (TPSA) is 52.6 Å². The first-order valence-electron chi connectivity index (χ1n) is 10.3. The molecule has 0 amide bonds. The number of piperidine rings is 1. The first-order valence-corrected chi connectivity index (χ1v) is 11.1. The van der Waals surface area contributed by atoms with Gasteiger partial charge in [-0.2, -0.15) is 0 Å². The van der Waals surface area contributed by atoms with Crippen molar-refractivity contribution < 1.29 is 0 Å². The second-order valence-corrected chi connectivity index (χ2v) is 9.02. The molecule has 1 saturated heterocycles. The van der Waals surface area contributed by atoms with Crippen molar-refractivity contribution in [2.24, 2.45) is 10.9 Å². The van der Waals surface area contributed by atoms with Crippen LogP contribution in [-0.4, -0.2) is 49.1 Å². The largest absolute Gasteiger partial charge is 0.356 e. The highest BCUT2D eigenvalue weighted by molar-refractivity contribution is 14.0. The number of nitrogens with one attached hydrogen (secondary N) is 2. The second-order valence-electron chi connectivity index (χ2n) is 7.70. The summed E-state index contributed by atoms with van der Waals surface area (Å²) < 4.78 is 0. The molecule has 29 heavy (non-hydrogen) atoms. The summed E-state index contributed by atoms with van der Waals surface area (Å²) in [6, 6.07) is 8.93. The van der Waals surface area contributed by atoms with Gasteiger partial charge in [0, 0.05) is 44.2 Å². The Morgan fingerprint density at radius 1 is 1.17 bits per heavy atom. The van der Waals surface area contributed by atoms with E-state index in [9.17, 15) is 0 Å². The summed E-state index contributed by atoms with van der Waals surface area (Å²) in [7, 11) is 1.84. The van der Waals surface area contributed by atoms with Crippen molar-refractivity contribution >= 4 is 41.3 Å². The minimum absolute atomic E-state index is 0. The lowest BCUT2D eigenvalue weighted by Gasteiger charge is -2.32. The Balaban J connectivity index is 0.00000300. The Labute approximate surface area is 196 Å². The van der Waals surface area contributed by atoms with Gasteiger partial charge in [-0.25, -0.2) is 4.98 Å². The van der Waals surface area contributed by atoms with E-state index in [4.69, 9.17) is 0 Å². The van der Waals surface area contributed by atoms with Crippen LogP contribution in [0.15, 0.2) is 35.5 Å². The number of likely N-dealkylation sites (tertiary alicyclic amines) is 1. The van der Waals surface area contributed by atoms with E-state index in [0.29, 0.717) is 0 Å². The average molecular weight is 528 g/mol. The Bertz CT molecular complexity index is 751. The van der Waals surface area contributed by atoms with Crippen LogP contribution in [0.3, 0.4) is 0 Å². The number of rotatable bonds is 7. The molecule has 0 unspecified atom stereocenters. The quantitative estimate of drug-likeness (QED) is 0.325. The fourth-order valence-corrected chi connectivity index (χ4v) is 4.35. The fourth-order valence-electron chi connectivity index (χ4n) is 3.57. The molecule has 1 aromatic heterocycles. The van der Waals surface area contributed by atoms with E-state index in [1.165, 1.54) is 46.9 Å². The van der Waals surface area contributed by atoms with Gasteiger partial charge in [0.05, 0.1) is 5.01 Å². The van der Waals surface area contributed by atoms with E-state index < -0.39 is 0 Å². The molecule has 0 radical (unpaired) electrons. The number of aliphatic imine (C=N–C) groups is 1. The van der Waals surface area contributed by atoms with Crippen LogP contribution in [0, 0.1) is 19.8 Å². The highest BCUT2D eigenvalue weighted by Gasteiger charge is 2.19. The average Bonchev–Trinajstić information content (AvgIpc) is 3.12. The molecule has 0 saturated carbocycles. The molecule has 7 heteroatoms. The van der Waals surface area contributed by atoms with Crippen molar-refractivity contribution in [2.75, 3.05) is 33.2 Å². The van der Waals surface area contributed by atoms with Gasteiger partial charge in [0.2, 0.25) is 0 Å². The van der Waals surface area contributed by atoms with Crippen LogP contribution in [-0.2, 0) is 13.0 Å². The van der Waals surface area contributed by atoms with Crippen molar-refractivity contribution in [1.82, 2.24) is 20.5 Å². The van der Waals surface area contributed by atoms with Crippen LogP contribution in [0.5, 0.6) is 0 Å². The number of hydrogen-bond donors (Lipinski definition) is 2. The predicted molar refractivity (Wildman–Crippen MR) is 135 cm³/mol. The number of halogens is 1. The summed E-state index contributed by atoms with van der Waals surface area (Å²) >= 11 is 1.77. The number of nitrogens with zero attached hydrogens (tertiary/aromatic N) is 3. The summed E-state index contributed by atoms with van der Waals surface area (Å²) in [5.41, 5.74) is 2.75. The molecule has 1 aliphatic heterocycles. The zero-order chi connectivity index (χ0) is 19.8. The van der Waals surface area contributed by atoms with Crippen molar-refractivity contribution in [3.63, 3.8) is 0 Å². The Kier molecular flexibility index (Phi) is 10.4. The van der Waals surface area contributed by atoms with Crippen LogP contribution in [0.1, 0.15) is 33.9 Å². The lowest BCUT2D eigenvalue weighted by molar-refractivity contribution is 0.178. The number of aromatic nitrogens is 1. The smallest absolute Gasteiger partial charge is 0.190 e. The highest BCUT2D eigenvalue weighted by atomic mass is 127. The summed E-state index contributed by atoms with van der Waals surface area (Å²) in [5, 5.41) is 8.09. The molecule has 160 valence electrons. The first-order chi connectivity index (χ1) is 13.6. The van der Waals surface area contributed by atoms with Gasteiger partial charge < -0.3 is 10.6 Å². The molecule has 2 N–H and O–H groups in total. The molecule has 1 aliphatic rings. The summed E-state index contributed by atoms with van der Waals surface area (Å²) in [6.45, 7) is 9.52. The molecule has 0 spiro atoms. The van der Waals surface area contributed by atoms with Gasteiger partial charge in [0.1, 0.15) is 0 Å². The molecule has 0 bridgehead atoms. The predicted octanol–water partition coefficient (Wildman–Crippen LogP) is 4.00. The zero-order valence-corrected chi connectivity index (χ0v) is 20.9. The van der Waals surface area contributed by atoms with Crippen molar-refractivity contribution in [3.05, 3.63) is 51.5 Å². The Hall–Kier alpha value is -1.19. The molecule has 3 rings (SSSR count). The van der Waals surface area contributed by atoms with Crippen LogP contribution in [0.2, 0.25) is 0 Å². The highest BCUT2D eigenvalue weighted by Crippen LogP contribution is 2.18. The SMILES string of the molecule is CN=C(NCCc1ncc(C)s1)NCC1CCN(Cc2ccc(C)cc2)CC1.I. The molecule has 2 aromatic rings. The van der Waals surface area contributed by atoms with Crippen LogP contribution >= 0.6 is 35.3 Å². The molecule has 1 fully saturated rings. The standard InChI is InChI=1S/C22H33N5S.HI/c1-17-4-6-20(7-5-17)16-27-12-9-19(10-13-27)15-26-22(23-3)24-11-8-21-25-14-18(2)28-21;/h4-7,14,19H,8-13,15-16H2,1-3H3,(H2,23,24,26);1H. The Morgan fingerprint density at radius 2 is 1.90 bits per heavy atom. The van der Waals surface area contributed by atoms with E-state index in [-0.39, 0.29) is 24.0 Å². The fraction of sp³-hybridized carbons (Fsp3) is 0.545. The summed E-state index contributed by atoms with van der Waals surface area (Å²) in [5.74, 6) is 1.62. The molecular weight excluding hydrogens is 493 g/mol. The number of hydrogen-bond acceptors (Lipinski definition) is 4. The van der Waals surface area contributed by atoms with Crippen LogP contribution in [0.4, 0.5) is 0 Å². The minimum atomic E-state index is 0. The minimum Gasteiger partial charge on any atom is -0.356 e. The van der Waals surface area contributed by atoms with Gasteiger partial charge in [-0.15, -0.1) is 35.3 Å². The lowest BCUT2D eigenvalue weighted by Crippen LogP contribution is -2.43. The van der Waals surface area contributed by atoms with Crippen LogP contribution < -0.4 is 10.6 Å². The van der Waals surface area contributed by atoms with Crippen LogP contribution in [0.25, 0.3) is 0 Å². The summed E-state index contributed by atoms with van der Waals surface area (Å²) in [6.07, 6.45) is 5.37. The van der Waals surface area contributed by atoms with Crippen molar-refractivity contribution in [3.8, 4) is 0 Å². The Morgan fingerprint density at radius 3 is 2.52 bits per heavy atom. The van der Waals surface area contributed by atoms with E-state index in [1.807, 2.05) is 13.2 Å². The maximum Gasteiger partial charge on any atom is 0.190 e. The molecule has 0 atom stereocenters. The van der Waals surface area contributed by atoms with E-state index in [0.717, 1.165) is 37.9 Å².